The monoisotopic (exact) mass is 310 g/mol. The Morgan fingerprint density at radius 1 is 1.33 bits per heavy atom. The van der Waals surface area contributed by atoms with E-state index in [-0.39, 0.29) is 12.2 Å². The third-order valence-electron chi connectivity index (χ3n) is 2.92. The van der Waals surface area contributed by atoms with Gasteiger partial charge in [-0.3, -0.25) is 10.1 Å². The zero-order valence-corrected chi connectivity index (χ0v) is 11.9. The van der Waals surface area contributed by atoms with Crippen molar-refractivity contribution in [3.05, 3.63) is 62.9 Å². The van der Waals surface area contributed by atoms with Crippen molar-refractivity contribution < 1.29 is 14.1 Å². The first-order valence-electron chi connectivity index (χ1n) is 6.02. The molecule has 0 aliphatic rings. The van der Waals surface area contributed by atoms with E-state index in [2.05, 4.69) is 5.32 Å². The molecule has 0 aliphatic carbocycles. The van der Waals surface area contributed by atoms with Crippen molar-refractivity contribution in [3.63, 3.8) is 0 Å². The Balaban J connectivity index is 2.29. The summed E-state index contributed by atoms with van der Waals surface area (Å²) in [5.74, 6) is -0.342. The Labute approximate surface area is 125 Å². The van der Waals surface area contributed by atoms with Gasteiger partial charge in [-0.2, -0.15) is 4.39 Å². The number of hydrogen-bond donors (Lipinski definition) is 1. The number of methoxy groups -OCH3 is 1. The van der Waals surface area contributed by atoms with Gasteiger partial charge in [0, 0.05) is 17.1 Å². The van der Waals surface area contributed by atoms with Gasteiger partial charge in [0.15, 0.2) is 0 Å². The van der Waals surface area contributed by atoms with Crippen molar-refractivity contribution in [2.24, 2.45) is 0 Å². The fraction of sp³-hybridized carbons (Fsp3) is 0.143. The molecule has 0 saturated heterocycles. The Hall–Kier alpha value is -2.34. The number of nitrogens with zero attached hydrogens (tertiary/aromatic N) is 1. The summed E-state index contributed by atoms with van der Waals surface area (Å²) in [6.45, 7) is 0.174. The highest BCUT2D eigenvalue weighted by atomic mass is 35.5. The predicted octanol–water partition coefficient (Wildman–Crippen LogP) is 4.01. The van der Waals surface area contributed by atoms with Crippen molar-refractivity contribution in [1.29, 1.82) is 0 Å². The molecule has 0 aromatic heterocycles. The number of rotatable bonds is 5. The summed E-state index contributed by atoms with van der Waals surface area (Å²) >= 11 is 6.08. The number of anilines is 1. The van der Waals surface area contributed by atoms with Crippen LogP contribution in [0, 0.1) is 15.9 Å². The maximum absolute atomic E-state index is 13.5. The fourth-order valence-electron chi connectivity index (χ4n) is 1.93. The molecule has 0 saturated carbocycles. The summed E-state index contributed by atoms with van der Waals surface area (Å²) in [5.41, 5.74) is 0.130. The fourth-order valence-corrected chi connectivity index (χ4v) is 2.16. The van der Waals surface area contributed by atoms with Crippen molar-refractivity contribution in [2.45, 2.75) is 6.54 Å². The van der Waals surface area contributed by atoms with Crippen LogP contribution in [0.3, 0.4) is 0 Å². The van der Waals surface area contributed by atoms with Gasteiger partial charge in [0.2, 0.25) is 5.82 Å². The number of halogens is 2. The molecule has 0 fully saturated rings. The topological polar surface area (TPSA) is 64.4 Å². The van der Waals surface area contributed by atoms with Gasteiger partial charge < -0.3 is 10.1 Å². The van der Waals surface area contributed by atoms with Crippen molar-refractivity contribution in [2.75, 3.05) is 12.4 Å². The van der Waals surface area contributed by atoms with Gasteiger partial charge in [-0.05, 0) is 24.3 Å². The largest absolute Gasteiger partial charge is 0.496 e. The Bertz CT molecular complexity index is 679. The van der Waals surface area contributed by atoms with Crippen LogP contribution in [0.4, 0.5) is 15.8 Å². The lowest BCUT2D eigenvalue weighted by Gasteiger charge is -2.12. The van der Waals surface area contributed by atoms with Gasteiger partial charge in [-0.1, -0.05) is 23.7 Å². The molecule has 2 rings (SSSR count). The highest BCUT2D eigenvalue weighted by molar-refractivity contribution is 6.31. The predicted molar refractivity (Wildman–Crippen MR) is 78.4 cm³/mol. The van der Waals surface area contributed by atoms with E-state index >= 15 is 0 Å². The van der Waals surface area contributed by atoms with Crippen LogP contribution >= 0.6 is 11.6 Å². The molecule has 0 amide bonds. The minimum Gasteiger partial charge on any atom is -0.496 e. The van der Waals surface area contributed by atoms with Gasteiger partial charge in [-0.25, -0.2) is 0 Å². The SMILES string of the molecule is COc1cccc(Cl)c1CNc1cccc(F)c1[N+](=O)[O-]. The smallest absolute Gasteiger partial charge is 0.327 e. The normalized spacial score (nSPS) is 10.2. The molecule has 0 aliphatic heterocycles. The number of nitro groups is 1. The molecule has 0 heterocycles. The molecule has 110 valence electrons. The highest BCUT2D eigenvalue weighted by Gasteiger charge is 2.20. The average molecular weight is 311 g/mol. The summed E-state index contributed by atoms with van der Waals surface area (Å²) in [7, 11) is 1.50. The first kappa shape index (κ1) is 15.1. The van der Waals surface area contributed by atoms with Gasteiger partial charge in [0.25, 0.3) is 0 Å². The van der Waals surface area contributed by atoms with E-state index in [1.54, 1.807) is 18.2 Å². The van der Waals surface area contributed by atoms with Crippen LogP contribution in [-0.2, 0) is 6.54 Å². The lowest BCUT2D eigenvalue weighted by atomic mass is 10.2. The van der Waals surface area contributed by atoms with Gasteiger partial charge in [-0.15, -0.1) is 0 Å². The van der Waals surface area contributed by atoms with Gasteiger partial charge in [0.05, 0.1) is 12.0 Å². The number of nitrogens with one attached hydrogen (secondary N) is 1. The van der Waals surface area contributed by atoms with Crippen LogP contribution in [0.2, 0.25) is 5.02 Å². The van der Waals surface area contributed by atoms with E-state index < -0.39 is 16.4 Å². The highest BCUT2D eigenvalue weighted by Crippen LogP contribution is 2.30. The molecule has 0 atom stereocenters. The second-order valence-electron chi connectivity index (χ2n) is 4.17. The molecule has 0 unspecified atom stereocenters. The molecule has 21 heavy (non-hydrogen) atoms. The van der Waals surface area contributed by atoms with Gasteiger partial charge in [0.1, 0.15) is 11.4 Å². The number of para-hydroxylation sites is 1. The van der Waals surface area contributed by atoms with E-state index in [4.69, 9.17) is 16.3 Å². The minimum atomic E-state index is -0.892. The first-order valence-corrected chi connectivity index (χ1v) is 6.40. The number of ether oxygens (including phenoxy) is 1. The average Bonchev–Trinajstić information content (AvgIpc) is 2.45. The summed E-state index contributed by atoms with van der Waals surface area (Å²) < 4.78 is 18.7. The van der Waals surface area contributed by atoms with Crippen LogP contribution in [-0.4, -0.2) is 12.0 Å². The van der Waals surface area contributed by atoms with Crippen molar-refractivity contribution in [1.82, 2.24) is 0 Å². The number of hydrogen-bond acceptors (Lipinski definition) is 4. The summed E-state index contributed by atoms with van der Waals surface area (Å²) in [5, 5.41) is 14.2. The molecule has 2 aromatic carbocycles. The molecular formula is C14H12ClFN2O3. The van der Waals surface area contributed by atoms with Crippen LogP contribution in [0.1, 0.15) is 5.56 Å². The summed E-state index contributed by atoms with van der Waals surface area (Å²) in [6, 6.07) is 9.01. The summed E-state index contributed by atoms with van der Waals surface area (Å²) in [6.07, 6.45) is 0. The van der Waals surface area contributed by atoms with E-state index in [0.29, 0.717) is 16.3 Å². The lowest BCUT2D eigenvalue weighted by Crippen LogP contribution is -2.05. The van der Waals surface area contributed by atoms with E-state index in [9.17, 15) is 14.5 Å². The van der Waals surface area contributed by atoms with Crippen LogP contribution < -0.4 is 10.1 Å². The first-order chi connectivity index (χ1) is 10.0. The Kier molecular flexibility index (Phi) is 4.59. The van der Waals surface area contributed by atoms with Crippen LogP contribution in [0.15, 0.2) is 36.4 Å². The van der Waals surface area contributed by atoms with Crippen LogP contribution in [0.25, 0.3) is 0 Å². The van der Waals surface area contributed by atoms with Crippen LogP contribution in [0.5, 0.6) is 5.75 Å². The van der Waals surface area contributed by atoms with E-state index in [1.165, 1.54) is 19.2 Å². The Morgan fingerprint density at radius 2 is 2.05 bits per heavy atom. The quantitative estimate of drug-likeness (QED) is 0.669. The van der Waals surface area contributed by atoms with E-state index in [1.807, 2.05) is 0 Å². The molecule has 0 spiro atoms. The zero-order valence-electron chi connectivity index (χ0n) is 11.1. The molecule has 2 aromatic rings. The zero-order chi connectivity index (χ0) is 15.4. The van der Waals surface area contributed by atoms with E-state index in [0.717, 1.165) is 6.07 Å². The molecule has 0 radical (unpaired) electrons. The Morgan fingerprint density at radius 3 is 2.71 bits per heavy atom. The van der Waals surface area contributed by atoms with Crippen molar-refractivity contribution in [3.8, 4) is 5.75 Å². The summed E-state index contributed by atoms with van der Waals surface area (Å²) in [4.78, 5) is 10.2. The van der Waals surface area contributed by atoms with Crippen molar-refractivity contribution >= 4 is 23.0 Å². The third kappa shape index (κ3) is 3.22. The minimum absolute atomic E-state index is 0.0852. The second kappa shape index (κ2) is 6.41. The number of nitro benzene ring substituents is 1. The standard InChI is InChI=1S/C14H12ClFN2O3/c1-21-13-7-2-4-10(15)9(13)8-17-12-6-3-5-11(16)14(12)18(19)20/h2-7,17H,8H2,1H3. The molecule has 7 heteroatoms. The molecule has 1 N–H and O–H groups in total. The second-order valence-corrected chi connectivity index (χ2v) is 4.57. The maximum atomic E-state index is 13.5. The van der Waals surface area contributed by atoms with Gasteiger partial charge >= 0.3 is 5.69 Å². The molecule has 5 nitrogen and oxygen atoms in total. The molecule has 0 bridgehead atoms. The lowest BCUT2D eigenvalue weighted by molar-refractivity contribution is -0.386. The number of benzene rings is 2. The third-order valence-corrected chi connectivity index (χ3v) is 3.27. The molecular weight excluding hydrogens is 299 g/mol. The maximum Gasteiger partial charge on any atom is 0.327 e.